The summed E-state index contributed by atoms with van der Waals surface area (Å²) in [6.07, 6.45) is 16.2. The average Bonchev–Trinajstić information content (AvgIpc) is 3.51. The van der Waals surface area contributed by atoms with E-state index in [9.17, 15) is 14.4 Å². The normalized spacial score (nSPS) is 50.0. The van der Waals surface area contributed by atoms with Crippen LogP contribution in [0.5, 0.6) is 0 Å². The van der Waals surface area contributed by atoms with Crippen molar-refractivity contribution < 1.29 is 23.9 Å². The van der Waals surface area contributed by atoms with Crippen molar-refractivity contribution in [3.63, 3.8) is 0 Å². The molecule has 0 radical (unpaired) electrons. The summed E-state index contributed by atoms with van der Waals surface area (Å²) in [5.41, 5.74) is 4.24. The van der Waals surface area contributed by atoms with E-state index in [0.29, 0.717) is 83.2 Å². The molecule has 8 rings (SSSR count). The van der Waals surface area contributed by atoms with Crippen LogP contribution in [-0.2, 0) is 23.9 Å². The van der Waals surface area contributed by atoms with E-state index >= 15 is 0 Å². The number of ketones is 1. The number of esters is 2. The van der Waals surface area contributed by atoms with Gasteiger partial charge in [-0.3, -0.25) is 14.4 Å². The monoisotopic (exact) mass is 670 g/mol. The van der Waals surface area contributed by atoms with Gasteiger partial charge in [-0.2, -0.15) is 0 Å². The van der Waals surface area contributed by atoms with Crippen LogP contribution in [0.1, 0.15) is 125 Å². The largest absolute Gasteiger partial charge is 0.461 e. The van der Waals surface area contributed by atoms with Gasteiger partial charge >= 0.3 is 11.9 Å². The van der Waals surface area contributed by atoms with Gasteiger partial charge in [-0.1, -0.05) is 70.9 Å². The first-order chi connectivity index (χ1) is 23.3. The van der Waals surface area contributed by atoms with Crippen molar-refractivity contribution in [1.82, 2.24) is 0 Å². The minimum atomic E-state index is -0.407. The van der Waals surface area contributed by atoms with Crippen LogP contribution in [0.25, 0.3) is 0 Å². The number of ether oxygens (including phenoxy) is 2. The maximum absolute atomic E-state index is 13.5. The number of hydrogen-bond acceptors (Lipinski definition) is 5. The van der Waals surface area contributed by atoms with Crippen molar-refractivity contribution in [3.05, 3.63) is 35.5 Å². The van der Waals surface area contributed by atoms with Gasteiger partial charge in [0.15, 0.2) is 5.78 Å². The zero-order valence-corrected chi connectivity index (χ0v) is 31.2. The minimum absolute atomic E-state index is 0.0355. The Morgan fingerprint density at radius 2 is 1.14 bits per heavy atom. The average molecular weight is 671 g/mol. The molecule has 0 aliphatic heterocycles. The summed E-state index contributed by atoms with van der Waals surface area (Å²) in [6.45, 7) is 18.8. The molecule has 0 bridgehead atoms. The maximum atomic E-state index is 13.5. The number of hydrogen-bond donors (Lipinski definition) is 0. The Hall–Kier alpha value is -2.17. The van der Waals surface area contributed by atoms with Crippen LogP contribution in [-0.4, -0.2) is 29.9 Å². The fourth-order valence-corrected chi connectivity index (χ4v) is 15.2. The third-order valence-corrected chi connectivity index (χ3v) is 16.7. The summed E-state index contributed by atoms with van der Waals surface area (Å²) >= 11 is 0. The Kier molecular flexibility index (Phi) is 8.46. The molecule has 0 amide bonds. The van der Waals surface area contributed by atoms with Crippen LogP contribution in [0.3, 0.4) is 0 Å². The molecule has 6 fully saturated rings. The van der Waals surface area contributed by atoms with E-state index in [1.807, 2.05) is 6.08 Å². The van der Waals surface area contributed by atoms with Crippen molar-refractivity contribution in [2.45, 2.75) is 137 Å². The lowest BCUT2D eigenvalue weighted by Gasteiger charge is -2.58. The van der Waals surface area contributed by atoms with Gasteiger partial charge in [0.2, 0.25) is 0 Å². The first-order valence-corrected chi connectivity index (χ1v) is 20.3. The fourth-order valence-electron chi connectivity index (χ4n) is 15.2. The minimum Gasteiger partial charge on any atom is -0.461 e. The molecule has 268 valence electrons. The van der Waals surface area contributed by atoms with E-state index in [4.69, 9.17) is 9.47 Å². The molecule has 0 aromatic heterocycles. The predicted octanol–water partition coefficient (Wildman–Crippen LogP) is 9.45. The highest BCUT2D eigenvalue weighted by atomic mass is 16.6. The lowest BCUT2D eigenvalue weighted by molar-refractivity contribution is -0.173. The van der Waals surface area contributed by atoms with Crippen LogP contribution in [0.4, 0.5) is 0 Å². The van der Waals surface area contributed by atoms with Crippen molar-refractivity contribution in [2.24, 2.45) is 81.8 Å². The van der Waals surface area contributed by atoms with Crippen LogP contribution in [0.2, 0.25) is 0 Å². The Labute approximate surface area is 295 Å². The van der Waals surface area contributed by atoms with E-state index in [-0.39, 0.29) is 29.5 Å². The number of fused-ring (bicyclic) bond motifs is 10. The van der Waals surface area contributed by atoms with Crippen LogP contribution < -0.4 is 0 Å². The Morgan fingerprint density at radius 1 is 0.673 bits per heavy atom. The standard InChI is InChI=1S/C44H62O5/c1-23-8-10-31-28(16-23)17-24(2)41-33-12-14-35(43(33,6)21-26(4)39(31)41)48-37(46)20-38(47)49-36-15-13-34-42-25(3)18-29-19-30(45)9-11-32(29)40(42)27(5)22-44(34,36)7/h16,19,24-27,31-36,39-42H,1,8-15,17-18,20-22H2,2-7H3/t24-,25-,26+,27+,31?,32?,33?,34?,35+,36+,39?,40?,41?,42?,43+,44+/m1/s1. The zero-order valence-electron chi connectivity index (χ0n) is 31.2. The molecule has 16 atom stereocenters. The van der Waals surface area contributed by atoms with E-state index in [0.717, 1.165) is 57.8 Å². The topological polar surface area (TPSA) is 69.7 Å². The molecule has 0 spiro atoms. The number of carbonyl (C=O) groups is 3. The van der Waals surface area contributed by atoms with Gasteiger partial charge in [-0.15, -0.1) is 0 Å². The lowest BCUT2D eigenvalue weighted by Crippen LogP contribution is -2.54. The molecule has 6 saturated carbocycles. The Balaban J connectivity index is 0.909. The zero-order chi connectivity index (χ0) is 34.6. The van der Waals surface area contributed by atoms with Gasteiger partial charge in [-0.05, 0) is 148 Å². The van der Waals surface area contributed by atoms with E-state index < -0.39 is 11.9 Å². The second-order valence-electron chi connectivity index (χ2n) is 19.4. The first-order valence-electron chi connectivity index (χ1n) is 20.3. The van der Waals surface area contributed by atoms with Gasteiger partial charge in [-0.25, -0.2) is 0 Å². The molecule has 5 heteroatoms. The molecule has 5 nitrogen and oxygen atoms in total. The van der Waals surface area contributed by atoms with Gasteiger partial charge in [0.25, 0.3) is 0 Å². The second-order valence-corrected chi connectivity index (χ2v) is 19.4. The summed E-state index contributed by atoms with van der Waals surface area (Å²) in [4.78, 5) is 39.2. The Morgan fingerprint density at radius 3 is 1.65 bits per heavy atom. The first kappa shape index (κ1) is 33.9. The van der Waals surface area contributed by atoms with Crippen molar-refractivity contribution in [3.8, 4) is 0 Å². The third kappa shape index (κ3) is 5.39. The summed E-state index contributed by atoms with van der Waals surface area (Å²) in [6, 6.07) is 0. The maximum Gasteiger partial charge on any atom is 0.317 e. The SMILES string of the molecule is C=C1C=C2C[C@@H](C)C3C(C2CC1)[C@@H](C)C[C@@]1(C)C3CC[C@@H]1OC(=O)CC(=O)O[C@H]1CCC2C3C(C4CCC(=O)C=C4C[C@H]3C)[C@@H](C)C[C@@]21C. The molecule has 0 aromatic rings. The molecule has 8 aliphatic carbocycles. The molecule has 0 aromatic carbocycles. The predicted molar refractivity (Wildman–Crippen MR) is 191 cm³/mol. The summed E-state index contributed by atoms with van der Waals surface area (Å²) < 4.78 is 12.6. The van der Waals surface area contributed by atoms with Crippen molar-refractivity contribution >= 4 is 17.7 Å². The highest BCUT2D eigenvalue weighted by Gasteiger charge is 2.62. The molecule has 0 heterocycles. The van der Waals surface area contributed by atoms with Crippen LogP contribution in [0.15, 0.2) is 35.5 Å². The highest BCUT2D eigenvalue weighted by molar-refractivity contribution is 5.92. The van der Waals surface area contributed by atoms with Gasteiger partial charge in [0.1, 0.15) is 18.6 Å². The smallest absolute Gasteiger partial charge is 0.317 e. The van der Waals surface area contributed by atoms with E-state index in [2.05, 4.69) is 54.2 Å². The van der Waals surface area contributed by atoms with Crippen LogP contribution in [0, 0.1) is 81.8 Å². The summed E-state index contributed by atoms with van der Waals surface area (Å²) in [5, 5.41) is 0. The molecular weight excluding hydrogens is 608 g/mol. The molecule has 8 unspecified atom stereocenters. The summed E-state index contributed by atoms with van der Waals surface area (Å²) in [5.74, 6) is 6.64. The Bertz CT molecular complexity index is 1360. The summed E-state index contributed by atoms with van der Waals surface area (Å²) in [7, 11) is 0. The highest BCUT2D eigenvalue weighted by Crippen LogP contribution is 2.67. The second kappa shape index (κ2) is 12.2. The molecular formula is C44H62O5. The van der Waals surface area contributed by atoms with Crippen molar-refractivity contribution in [2.75, 3.05) is 0 Å². The quantitative estimate of drug-likeness (QED) is 0.220. The third-order valence-electron chi connectivity index (χ3n) is 16.7. The number of carbonyl (C=O) groups excluding carboxylic acids is 3. The fraction of sp³-hybridized carbons (Fsp3) is 0.795. The van der Waals surface area contributed by atoms with Crippen molar-refractivity contribution in [1.29, 1.82) is 0 Å². The van der Waals surface area contributed by atoms with Crippen LogP contribution >= 0.6 is 0 Å². The lowest BCUT2D eigenvalue weighted by atomic mass is 9.47. The van der Waals surface area contributed by atoms with Gasteiger partial charge in [0, 0.05) is 17.3 Å². The number of rotatable bonds is 4. The molecule has 8 aliphatic rings. The number of allylic oxidation sites excluding steroid dienone is 4. The molecule has 49 heavy (non-hydrogen) atoms. The van der Waals surface area contributed by atoms with E-state index in [1.165, 1.54) is 24.0 Å². The van der Waals surface area contributed by atoms with Gasteiger partial charge < -0.3 is 9.47 Å². The molecule has 0 N–H and O–H groups in total. The van der Waals surface area contributed by atoms with Gasteiger partial charge in [0.05, 0.1) is 0 Å². The molecule has 0 saturated heterocycles. The van der Waals surface area contributed by atoms with E-state index in [1.54, 1.807) is 5.57 Å².